The fourth-order valence-electron chi connectivity index (χ4n) is 1.38. The van der Waals surface area contributed by atoms with Gasteiger partial charge in [0.25, 0.3) is 0 Å². The van der Waals surface area contributed by atoms with Crippen LogP contribution in [0.5, 0.6) is 0 Å². The summed E-state index contributed by atoms with van der Waals surface area (Å²) in [5.74, 6) is -0.403. The lowest BCUT2D eigenvalue weighted by molar-refractivity contribution is 0.0960. The first-order valence-corrected chi connectivity index (χ1v) is 5.83. The van der Waals surface area contributed by atoms with Gasteiger partial charge in [-0.2, -0.15) is 0 Å². The molecule has 1 aromatic rings. The van der Waals surface area contributed by atoms with Crippen molar-refractivity contribution in [1.29, 1.82) is 0 Å². The van der Waals surface area contributed by atoms with Gasteiger partial charge in [-0.3, -0.25) is 9.79 Å². The van der Waals surface area contributed by atoms with Gasteiger partial charge in [0.2, 0.25) is 10.8 Å². The van der Waals surface area contributed by atoms with E-state index in [0.29, 0.717) is 5.02 Å². The molecule has 1 N–H and O–H groups in total. The quantitative estimate of drug-likeness (QED) is 0.516. The second-order valence-electron chi connectivity index (χ2n) is 3.38. The molecule has 0 fully saturated rings. The first-order chi connectivity index (χ1) is 8.04. The number of hydrogen-bond acceptors (Lipinski definition) is 3. The van der Waals surface area contributed by atoms with Gasteiger partial charge in [-0.25, -0.2) is 0 Å². The van der Waals surface area contributed by atoms with Crippen LogP contribution in [0.2, 0.25) is 10.0 Å². The molecule has 1 unspecified atom stereocenters. The smallest absolute Gasteiger partial charge is 0.211 e. The minimum absolute atomic E-state index is 0.184. The molecule has 88 valence electrons. The summed E-state index contributed by atoms with van der Waals surface area (Å²) in [7, 11) is 0. The molecule has 1 atom stereocenters. The summed E-state index contributed by atoms with van der Waals surface area (Å²) >= 11 is 17.9. The van der Waals surface area contributed by atoms with Gasteiger partial charge in [-0.05, 0) is 12.1 Å². The lowest BCUT2D eigenvalue weighted by atomic mass is 10.0. The zero-order valence-corrected chi connectivity index (χ0v) is 10.7. The van der Waals surface area contributed by atoms with Crippen LogP contribution in [0.3, 0.4) is 0 Å². The van der Waals surface area contributed by atoms with Crippen LogP contribution in [0.4, 0.5) is 0 Å². The van der Waals surface area contributed by atoms with E-state index in [2.05, 4.69) is 10.3 Å². The second-order valence-corrected chi connectivity index (χ2v) is 4.76. The Morgan fingerprint density at radius 2 is 2.12 bits per heavy atom. The lowest BCUT2D eigenvalue weighted by Gasteiger charge is -2.23. The zero-order valence-electron chi connectivity index (χ0n) is 8.45. The monoisotopic (exact) mass is 288 g/mol. The molecule has 0 bridgehead atoms. The summed E-state index contributed by atoms with van der Waals surface area (Å²) in [6, 6.07) is 4.80. The summed E-state index contributed by atoms with van der Waals surface area (Å²) in [6.07, 6.45) is 4.30. The highest BCUT2D eigenvalue weighted by atomic mass is 35.5. The molecule has 0 saturated carbocycles. The van der Waals surface area contributed by atoms with Crippen molar-refractivity contribution < 1.29 is 4.79 Å². The Morgan fingerprint density at radius 1 is 1.35 bits per heavy atom. The van der Waals surface area contributed by atoms with Gasteiger partial charge in [0, 0.05) is 18.0 Å². The molecule has 3 nitrogen and oxygen atoms in total. The number of alkyl halides is 1. The van der Waals surface area contributed by atoms with E-state index >= 15 is 0 Å². The molecule has 6 heteroatoms. The standard InChI is InChI=1S/C11H7Cl3N2O/c12-8-3-1-2-7(9(8)13)10(17)11(14)6-15-4-5-16-11/h1-6,16H. The molecule has 2 rings (SSSR count). The number of hydrogen-bond donors (Lipinski definition) is 1. The van der Waals surface area contributed by atoms with E-state index in [1.54, 1.807) is 18.2 Å². The van der Waals surface area contributed by atoms with Gasteiger partial charge in [-0.15, -0.1) is 0 Å². The van der Waals surface area contributed by atoms with E-state index in [9.17, 15) is 4.79 Å². The first-order valence-electron chi connectivity index (χ1n) is 4.69. The maximum absolute atomic E-state index is 12.2. The Bertz CT molecular complexity index is 527. The highest BCUT2D eigenvalue weighted by Gasteiger charge is 2.36. The molecule has 1 aromatic carbocycles. The topological polar surface area (TPSA) is 41.5 Å². The Balaban J connectivity index is 2.41. The number of rotatable bonds is 2. The van der Waals surface area contributed by atoms with Crippen molar-refractivity contribution >= 4 is 46.8 Å². The van der Waals surface area contributed by atoms with Gasteiger partial charge in [0.1, 0.15) is 0 Å². The average Bonchev–Trinajstić information content (AvgIpc) is 2.33. The molecule has 0 amide bonds. The number of aliphatic imine (C=N–C) groups is 1. The minimum Gasteiger partial charge on any atom is -0.361 e. The fourth-order valence-corrected chi connectivity index (χ4v) is 1.99. The number of carbonyl (C=O) groups is 1. The summed E-state index contributed by atoms with van der Waals surface area (Å²) in [5, 5.41) is 3.22. The van der Waals surface area contributed by atoms with Crippen molar-refractivity contribution in [2.45, 2.75) is 5.00 Å². The van der Waals surface area contributed by atoms with E-state index in [1.807, 2.05) is 0 Å². The molecule has 0 radical (unpaired) electrons. The third-order valence-electron chi connectivity index (χ3n) is 2.23. The second kappa shape index (κ2) is 4.69. The number of ketones is 1. The number of nitrogens with one attached hydrogen (secondary N) is 1. The maximum atomic E-state index is 12.2. The number of carbonyl (C=O) groups excluding carboxylic acids is 1. The molecule has 1 aliphatic heterocycles. The Hall–Kier alpha value is -1.03. The minimum atomic E-state index is -1.41. The highest BCUT2D eigenvalue weighted by molar-refractivity contribution is 6.49. The van der Waals surface area contributed by atoms with Crippen molar-refractivity contribution in [2.75, 3.05) is 0 Å². The molecule has 0 spiro atoms. The first kappa shape index (κ1) is 12.4. The predicted octanol–water partition coefficient (Wildman–Crippen LogP) is 3.26. The van der Waals surface area contributed by atoms with Crippen LogP contribution in [0.1, 0.15) is 10.4 Å². The van der Waals surface area contributed by atoms with Crippen molar-refractivity contribution in [3.8, 4) is 0 Å². The molecule has 1 heterocycles. The molecular formula is C11H7Cl3N2O. The molecule has 0 saturated heterocycles. The van der Waals surface area contributed by atoms with E-state index in [4.69, 9.17) is 34.8 Å². The van der Waals surface area contributed by atoms with Crippen LogP contribution in [0.15, 0.2) is 35.6 Å². The summed E-state index contributed by atoms with van der Waals surface area (Å²) in [6.45, 7) is 0. The van der Waals surface area contributed by atoms with Gasteiger partial charge in [-0.1, -0.05) is 40.9 Å². The van der Waals surface area contributed by atoms with E-state index in [0.717, 1.165) is 0 Å². The summed E-state index contributed by atoms with van der Waals surface area (Å²) in [4.78, 5) is 14.7. The van der Waals surface area contributed by atoms with Crippen LogP contribution >= 0.6 is 34.8 Å². The van der Waals surface area contributed by atoms with Gasteiger partial charge in [0.15, 0.2) is 0 Å². The Kier molecular flexibility index (Phi) is 3.43. The highest BCUT2D eigenvalue weighted by Crippen LogP contribution is 2.29. The van der Waals surface area contributed by atoms with Crippen molar-refractivity contribution in [1.82, 2.24) is 5.32 Å². The van der Waals surface area contributed by atoms with Crippen LogP contribution < -0.4 is 5.32 Å². The SMILES string of the molecule is O=C(c1cccc(Cl)c1Cl)C1(Cl)C=NC=CN1. The third kappa shape index (κ3) is 2.32. The largest absolute Gasteiger partial charge is 0.361 e. The van der Waals surface area contributed by atoms with Crippen LogP contribution in [-0.2, 0) is 0 Å². The number of benzene rings is 1. The van der Waals surface area contributed by atoms with Crippen molar-refractivity contribution in [3.63, 3.8) is 0 Å². The Labute approximate surface area is 113 Å². The van der Waals surface area contributed by atoms with E-state index < -0.39 is 10.8 Å². The average molecular weight is 290 g/mol. The molecule has 0 aromatic heterocycles. The number of Topliss-reactive ketones (excluding diaryl/α,β-unsaturated/α-hetero) is 1. The van der Waals surface area contributed by atoms with Gasteiger partial charge < -0.3 is 5.32 Å². The van der Waals surface area contributed by atoms with E-state index in [1.165, 1.54) is 18.6 Å². The van der Waals surface area contributed by atoms with Crippen molar-refractivity contribution in [3.05, 3.63) is 46.2 Å². The maximum Gasteiger partial charge on any atom is 0.211 e. The van der Waals surface area contributed by atoms with Crippen molar-refractivity contribution in [2.24, 2.45) is 4.99 Å². The van der Waals surface area contributed by atoms with Crippen LogP contribution in [-0.4, -0.2) is 17.0 Å². The van der Waals surface area contributed by atoms with E-state index in [-0.39, 0.29) is 10.6 Å². The normalized spacial score (nSPS) is 22.3. The molecule has 17 heavy (non-hydrogen) atoms. The predicted molar refractivity (Wildman–Crippen MR) is 70.1 cm³/mol. The molecule has 1 aliphatic rings. The molecule has 0 aliphatic carbocycles. The lowest BCUT2D eigenvalue weighted by Crippen LogP contribution is -2.47. The molecular weight excluding hydrogens is 282 g/mol. The van der Waals surface area contributed by atoms with Crippen LogP contribution in [0, 0.1) is 0 Å². The summed E-state index contributed by atoms with van der Waals surface area (Å²) in [5.41, 5.74) is 0.253. The number of halogens is 3. The zero-order chi connectivity index (χ0) is 12.5. The Morgan fingerprint density at radius 3 is 2.76 bits per heavy atom. The van der Waals surface area contributed by atoms with Gasteiger partial charge >= 0.3 is 0 Å². The van der Waals surface area contributed by atoms with Gasteiger partial charge in [0.05, 0.1) is 16.3 Å². The summed E-state index contributed by atoms with van der Waals surface area (Å²) < 4.78 is 0. The third-order valence-corrected chi connectivity index (χ3v) is 3.43. The fraction of sp³-hybridized carbons (Fsp3) is 0.0909. The van der Waals surface area contributed by atoms with Crippen LogP contribution in [0.25, 0.3) is 0 Å². The number of nitrogens with zero attached hydrogens (tertiary/aromatic N) is 1.